The van der Waals surface area contributed by atoms with Gasteiger partial charge in [0.05, 0.1) is 6.61 Å². The van der Waals surface area contributed by atoms with E-state index < -0.39 is 5.54 Å². The van der Waals surface area contributed by atoms with Gasteiger partial charge in [-0.2, -0.15) is 0 Å². The average Bonchev–Trinajstić information content (AvgIpc) is 2.63. The van der Waals surface area contributed by atoms with Crippen LogP contribution in [0.15, 0.2) is 0 Å². The molecule has 1 N–H and O–H groups in total. The number of carbonyl (C=O) groups excluding carboxylic acids is 1. The summed E-state index contributed by atoms with van der Waals surface area (Å²) in [6, 6.07) is 0. The summed E-state index contributed by atoms with van der Waals surface area (Å²) in [7, 11) is 0. The van der Waals surface area contributed by atoms with Crippen LogP contribution in [0.25, 0.3) is 0 Å². The van der Waals surface area contributed by atoms with Crippen LogP contribution in [0.5, 0.6) is 0 Å². The standard InChI is InChI=1S/C15H28N2O2/c1-3-19-14(18)15(2,12-13-6-4-7-13)17-10-5-8-16-9-11-17/h13,16H,3-12H2,1-2H3. The zero-order valence-corrected chi connectivity index (χ0v) is 12.4. The molecule has 1 aliphatic heterocycles. The normalized spacial score (nSPS) is 25.2. The second kappa shape index (κ2) is 6.71. The molecule has 1 heterocycles. The Hall–Kier alpha value is -0.610. The molecule has 0 amide bonds. The maximum atomic E-state index is 12.5. The van der Waals surface area contributed by atoms with Crippen molar-refractivity contribution in [3.05, 3.63) is 0 Å². The molecule has 2 rings (SSSR count). The molecule has 0 bridgehead atoms. The molecule has 2 aliphatic rings. The Labute approximate surface area is 116 Å². The summed E-state index contributed by atoms with van der Waals surface area (Å²) in [5, 5.41) is 3.41. The first-order valence-electron chi connectivity index (χ1n) is 7.80. The van der Waals surface area contributed by atoms with Gasteiger partial charge in [-0.15, -0.1) is 0 Å². The van der Waals surface area contributed by atoms with Gasteiger partial charge in [0, 0.05) is 19.6 Å². The van der Waals surface area contributed by atoms with E-state index in [0.29, 0.717) is 12.5 Å². The van der Waals surface area contributed by atoms with Crippen molar-refractivity contribution in [2.75, 3.05) is 32.8 Å². The second-order valence-electron chi connectivity index (χ2n) is 6.09. The first-order chi connectivity index (χ1) is 9.16. The maximum Gasteiger partial charge on any atom is 0.326 e. The molecular formula is C15H28N2O2. The van der Waals surface area contributed by atoms with Crippen molar-refractivity contribution in [1.82, 2.24) is 10.2 Å². The molecule has 19 heavy (non-hydrogen) atoms. The van der Waals surface area contributed by atoms with Crippen molar-refractivity contribution >= 4 is 5.97 Å². The van der Waals surface area contributed by atoms with Gasteiger partial charge in [-0.25, -0.2) is 0 Å². The Morgan fingerprint density at radius 3 is 2.74 bits per heavy atom. The molecule has 1 unspecified atom stereocenters. The van der Waals surface area contributed by atoms with Gasteiger partial charge in [-0.05, 0) is 39.2 Å². The fraction of sp³-hybridized carbons (Fsp3) is 0.933. The van der Waals surface area contributed by atoms with Crippen LogP contribution in [0.2, 0.25) is 0 Å². The Balaban J connectivity index is 2.07. The molecule has 0 radical (unpaired) electrons. The van der Waals surface area contributed by atoms with E-state index in [0.717, 1.165) is 39.0 Å². The number of nitrogens with zero attached hydrogens (tertiary/aromatic N) is 1. The number of esters is 1. The summed E-state index contributed by atoms with van der Waals surface area (Å²) in [6.07, 6.45) is 5.96. The van der Waals surface area contributed by atoms with Gasteiger partial charge >= 0.3 is 5.97 Å². The van der Waals surface area contributed by atoms with Crippen molar-refractivity contribution in [1.29, 1.82) is 0 Å². The van der Waals surface area contributed by atoms with Crippen LogP contribution in [0.4, 0.5) is 0 Å². The monoisotopic (exact) mass is 268 g/mol. The fourth-order valence-corrected chi connectivity index (χ4v) is 3.23. The van der Waals surface area contributed by atoms with E-state index in [1.54, 1.807) is 0 Å². The zero-order valence-electron chi connectivity index (χ0n) is 12.4. The first-order valence-corrected chi connectivity index (χ1v) is 7.80. The van der Waals surface area contributed by atoms with Crippen LogP contribution < -0.4 is 5.32 Å². The molecule has 4 heteroatoms. The van der Waals surface area contributed by atoms with Gasteiger partial charge in [0.1, 0.15) is 5.54 Å². The molecule has 0 aromatic rings. The fourth-order valence-electron chi connectivity index (χ4n) is 3.23. The number of hydrogen-bond donors (Lipinski definition) is 1. The van der Waals surface area contributed by atoms with E-state index in [9.17, 15) is 4.79 Å². The summed E-state index contributed by atoms with van der Waals surface area (Å²) in [6.45, 7) is 8.43. The number of ether oxygens (including phenoxy) is 1. The SMILES string of the molecule is CCOC(=O)C(C)(CC1CCC1)N1CCCNCC1. The minimum absolute atomic E-state index is 0.0243. The number of nitrogens with one attached hydrogen (secondary N) is 1. The lowest BCUT2D eigenvalue weighted by molar-refractivity contribution is -0.158. The minimum atomic E-state index is -0.423. The van der Waals surface area contributed by atoms with Gasteiger partial charge < -0.3 is 10.1 Å². The van der Waals surface area contributed by atoms with Gasteiger partial charge in [0.25, 0.3) is 0 Å². The van der Waals surface area contributed by atoms with Crippen molar-refractivity contribution in [3.63, 3.8) is 0 Å². The minimum Gasteiger partial charge on any atom is -0.465 e. The molecule has 0 aromatic heterocycles. The second-order valence-corrected chi connectivity index (χ2v) is 6.09. The van der Waals surface area contributed by atoms with E-state index >= 15 is 0 Å². The zero-order chi connectivity index (χ0) is 13.7. The summed E-state index contributed by atoms with van der Waals surface area (Å²) in [4.78, 5) is 14.8. The van der Waals surface area contributed by atoms with Gasteiger partial charge in [-0.1, -0.05) is 19.3 Å². The maximum absolute atomic E-state index is 12.5. The van der Waals surface area contributed by atoms with E-state index in [-0.39, 0.29) is 5.97 Å². The third-order valence-electron chi connectivity index (χ3n) is 4.66. The number of hydrogen-bond acceptors (Lipinski definition) is 4. The van der Waals surface area contributed by atoms with Crippen LogP contribution in [-0.2, 0) is 9.53 Å². The van der Waals surface area contributed by atoms with Crippen molar-refractivity contribution < 1.29 is 9.53 Å². The molecule has 1 aliphatic carbocycles. The highest BCUT2D eigenvalue weighted by Gasteiger charge is 2.43. The van der Waals surface area contributed by atoms with E-state index in [1.165, 1.54) is 19.3 Å². The molecule has 110 valence electrons. The Kier molecular flexibility index (Phi) is 5.22. The number of carbonyl (C=O) groups is 1. The predicted octanol–water partition coefficient (Wildman–Crippen LogP) is 1.79. The molecule has 0 aromatic carbocycles. The average molecular weight is 268 g/mol. The largest absolute Gasteiger partial charge is 0.465 e. The molecule has 4 nitrogen and oxygen atoms in total. The summed E-state index contributed by atoms with van der Waals surface area (Å²) in [5.41, 5.74) is -0.423. The molecule has 1 atom stereocenters. The number of rotatable bonds is 5. The van der Waals surface area contributed by atoms with E-state index in [4.69, 9.17) is 4.74 Å². The van der Waals surface area contributed by atoms with E-state index in [2.05, 4.69) is 17.1 Å². The lowest BCUT2D eigenvalue weighted by atomic mass is 9.75. The smallest absolute Gasteiger partial charge is 0.326 e. The van der Waals surface area contributed by atoms with Gasteiger partial charge in [0.2, 0.25) is 0 Å². The third kappa shape index (κ3) is 3.48. The Bertz CT molecular complexity index is 297. The van der Waals surface area contributed by atoms with Gasteiger partial charge in [0.15, 0.2) is 0 Å². The van der Waals surface area contributed by atoms with Crippen molar-refractivity contribution in [2.45, 2.75) is 51.5 Å². The highest BCUT2D eigenvalue weighted by molar-refractivity contribution is 5.80. The third-order valence-corrected chi connectivity index (χ3v) is 4.66. The van der Waals surface area contributed by atoms with Gasteiger partial charge in [-0.3, -0.25) is 9.69 Å². The molecule has 1 saturated carbocycles. The van der Waals surface area contributed by atoms with Crippen LogP contribution in [0, 0.1) is 5.92 Å². The highest BCUT2D eigenvalue weighted by Crippen LogP contribution is 2.37. The summed E-state index contributed by atoms with van der Waals surface area (Å²) >= 11 is 0. The van der Waals surface area contributed by atoms with Crippen LogP contribution >= 0.6 is 0 Å². The van der Waals surface area contributed by atoms with Crippen LogP contribution in [0.1, 0.15) is 46.0 Å². The summed E-state index contributed by atoms with van der Waals surface area (Å²) in [5.74, 6) is 0.689. The predicted molar refractivity (Wildman–Crippen MR) is 76.1 cm³/mol. The Morgan fingerprint density at radius 1 is 1.32 bits per heavy atom. The highest BCUT2D eigenvalue weighted by atomic mass is 16.5. The molecule has 2 fully saturated rings. The van der Waals surface area contributed by atoms with Crippen molar-refractivity contribution in [3.8, 4) is 0 Å². The van der Waals surface area contributed by atoms with Crippen LogP contribution in [-0.4, -0.2) is 49.2 Å². The first kappa shape index (κ1) is 14.8. The molecule has 0 spiro atoms. The molecule has 1 saturated heterocycles. The van der Waals surface area contributed by atoms with Crippen molar-refractivity contribution in [2.24, 2.45) is 5.92 Å². The van der Waals surface area contributed by atoms with Crippen LogP contribution in [0.3, 0.4) is 0 Å². The Morgan fingerprint density at radius 2 is 2.11 bits per heavy atom. The lowest BCUT2D eigenvalue weighted by Crippen LogP contribution is -2.55. The summed E-state index contributed by atoms with van der Waals surface area (Å²) < 4.78 is 5.37. The molecular weight excluding hydrogens is 240 g/mol. The lowest BCUT2D eigenvalue weighted by Gasteiger charge is -2.42. The quantitative estimate of drug-likeness (QED) is 0.772. The van der Waals surface area contributed by atoms with E-state index in [1.807, 2.05) is 6.92 Å². The topological polar surface area (TPSA) is 41.6 Å².